The van der Waals surface area contributed by atoms with E-state index in [4.69, 9.17) is 9.47 Å². The maximum absolute atomic E-state index is 12.7. The lowest BCUT2D eigenvalue weighted by Gasteiger charge is -2.40. The summed E-state index contributed by atoms with van der Waals surface area (Å²) in [7, 11) is 1.68. The molecule has 0 bridgehead atoms. The van der Waals surface area contributed by atoms with Crippen molar-refractivity contribution in [1.29, 1.82) is 0 Å². The van der Waals surface area contributed by atoms with Gasteiger partial charge in [0.25, 0.3) is 0 Å². The van der Waals surface area contributed by atoms with Gasteiger partial charge in [-0.3, -0.25) is 4.79 Å². The van der Waals surface area contributed by atoms with Gasteiger partial charge in [-0.25, -0.2) is 4.79 Å². The highest BCUT2D eigenvalue weighted by Crippen LogP contribution is 2.33. The molecule has 0 saturated carbocycles. The SMILES string of the molecule is CN(C(=O)OC(C)(C)C)C(C)(CC(=O)N1CCOC1)c1ccccc1. The Labute approximate surface area is 149 Å². The predicted octanol–water partition coefficient (Wildman–Crippen LogP) is 2.98. The van der Waals surface area contributed by atoms with Gasteiger partial charge in [0.1, 0.15) is 12.3 Å². The first-order valence-corrected chi connectivity index (χ1v) is 8.51. The topological polar surface area (TPSA) is 59.1 Å². The van der Waals surface area contributed by atoms with Crippen LogP contribution in [0.15, 0.2) is 30.3 Å². The van der Waals surface area contributed by atoms with E-state index in [-0.39, 0.29) is 12.3 Å². The monoisotopic (exact) mass is 348 g/mol. The molecule has 0 N–H and O–H groups in total. The van der Waals surface area contributed by atoms with Crippen molar-refractivity contribution in [3.05, 3.63) is 35.9 Å². The highest BCUT2D eigenvalue weighted by atomic mass is 16.6. The molecule has 1 heterocycles. The van der Waals surface area contributed by atoms with Crippen LogP contribution in [0.1, 0.15) is 39.7 Å². The van der Waals surface area contributed by atoms with Crippen molar-refractivity contribution in [2.45, 2.75) is 45.3 Å². The van der Waals surface area contributed by atoms with E-state index < -0.39 is 17.2 Å². The van der Waals surface area contributed by atoms with Crippen molar-refractivity contribution in [3.63, 3.8) is 0 Å². The van der Waals surface area contributed by atoms with Crippen LogP contribution in [-0.4, -0.2) is 54.3 Å². The smallest absolute Gasteiger partial charge is 0.410 e. The lowest BCUT2D eigenvalue weighted by Crippen LogP contribution is -2.49. The molecule has 0 aliphatic carbocycles. The molecule has 1 fully saturated rings. The average Bonchev–Trinajstić information content (AvgIpc) is 3.07. The van der Waals surface area contributed by atoms with Crippen LogP contribution >= 0.6 is 0 Å². The summed E-state index contributed by atoms with van der Waals surface area (Å²) in [6.07, 6.45) is -0.292. The quantitative estimate of drug-likeness (QED) is 0.839. The molecule has 25 heavy (non-hydrogen) atoms. The van der Waals surface area contributed by atoms with Crippen molar-refractivity contribution in [2.75, 3.05) is 26.9 Å². The Hall–Kier alpha value is -2.08. The van der Waals surface area contributed by atoms with Crippen LogP contribution < -0.4 is 0 Å². The molecule has 0 spiro atoms. The number of rotatable bonds is 4. The second kappa shape index (κ2) is 7.44. The number of amides is 2. The summed E-state index contributed by atoms with van der Waals surface area (Å²) in [6.45, 7) is 8.80. The zero-order valence-corrected chi connectivity index (χ0v) is 15.7. The Kier molecular flexibility index (Phi) is 5.72. The molecule has 2 rings (SSSR count). The van der Waals surface area contributed by atoms with Crippen LogP contribution in [0.3, 0.4) is 0 Å². The molecule has 1 atom stereocenters. The molecule has 6 nitrogen and oxygen atoms in total. The molecule has 0 radical (unpaired) electrons. The number of nitrogens with zero attached hydrogens (tertiary/aromatic N) is 2. The summed E-state index contributed by atoms with van der Waals surface area (Å²) in [4.78, 5) is 28.5. The van der Waals surface area contributed by atoms with Gasteiger partial charge in [-0.15, -0.1) is 0 Å². The Balaban J connectivity index is 2.28. The maximum atomic E-state index is 12.7. The van der Waals surface area contributed by atoms with Crippen molar-refractivity contribution in [1.82, 2.24) is 9.80 Å². The van der Waals surface area contributed by atoms with E-state index >= 15 is 0 Å². The molecule has 1 unspecified atom stereocenters. The fourth-order valence-electron chi connectivity index (χ4n) is 2.76. The first-order chi connectivity index (χ1) is 11.6. The van der Waals surface area contributed by atoms with Gasteiger partial charge in [0.2, 0.25) is 5.91 Å². The molecule has 0 aromatic heterocycles. The van der Waals surface area contributed by atoms with Crippen LogP contribution in [0, 0.1) is 0 Å². The minimum atomic E-state index is -0.816. The lowest BCUT2D eigenvalue weighted by molar-refractivity contribution is -0.134. The number of benzene rings is 1. The minimum absolute atomic E-state index is 0.0424. The van der Waals surface area contributed by atoms with Crippen LogP contribution in [0.25, 0.3) is 0 Å². The number of hydrogen-bond acceptors (Lipinski definition) is 4. The van der Waals surface area contributed by atoms with Crippen LogP contribution in [0.2, 0.25) is 0 Å². The number of ether oxygens (including phenoxy) is 2. The average molecular weight is 348 g/mol. The Bertz CT molecular complexity index is 606. The highest BCUT2D eigenvalue weighted by Gasteiger charge is 2.40. The fraction of sp³-hybridized carbons (Fsp3) is 0.579. The Morgan fingerprint density at radius 2 is 1.84 bits per heavy atom. The van der Waals surface area contributed by atoms with E-state index in [1.807, 2.05) is 58.0 Å². The standard InChI is InChI=1S/C19H28N2O4/c1-18(2,3)25-17(23)20(5)19(4,15-9-7-6-8-10-15)13-16(22)21-11-12-24-14-21/h6-10H,11-14H2,1-5H3. The lowest BCUT2D eigenvalue weighted by atomic mass is 9.86. The molecule has 138 valence electrons. The largest absolute Gasteiger partial charge is 0.444 e. The second-order valence-electron chi connectivity index (χ2n) is 7.55. The van der Waals surface area contributed by atoms with E-state index in [1.54, 1.807) is 11.9 Å². The summed E-state index contributed by atoms with van der Waals surface area (Å²) in [6, 6.07) is 9.57. The molecular formula is C19H28N2O4. The highest BCUT2D eigenvalue weighted by molar-refractivity contribution is 5.79. The van der Waals surface area contributed by atoms with Gasteiger partial charge in [-0.1, -0.05) is 30.3 Å². The molecule has 1 saturated heterocycles. The van der Waals surface area contributed by atoms with Crippen LogP contribution in [0.4, 0.5) is 4.79 Å². The number of carbonyl (C=O) groups is 2. The van der Waals surface area contributed by atoms with E-state index in [1.165, 1.54) is 4.90 Å². The molecule has 6 heteroatoms. The van der Waals surface area contributed by atoms with Gasteiger partial charge in [-0.2, -0.15) is 0 Å². The summed E-state index contributed by atoms with van der Waals surface area (Å²) in [5.74, 6) is -0.0424. The van der Waals surface area contributed by atoms with Gasteiger partial charge in [0, 0.05) is 13.6 Å². The zero-order valence-electron chi connectivity index (χ0n) is 15.7. The van der Waals surface area contributed by atoms with E-state index in [9.17, 15) is 9.59 Å². The third-order valence-corrected chi connectivity index (χ3v) is 4.40. The molecule has 1 aliphatic rings. The maximum Gasteiger partial charge on any atom is 0.410 e. The normalized spacial score (nSPS) is 17.1. The molecule has 1 aromatic carbocycles. The summed E-state index contributed by atoms with van der Waals surface area (Å²) in [5.41, 5.74) is -0.532. The van der Waals surface area contributed by atoms with E-state index in [2.05, 4.69) is 0 Å². The van der Waals surface area contributed by atoms with Crippen LogP contribution in [0.5, 0.6) is 0 Å². The molecule has 1 aliphatic heterocycles. The number of carbonyl (C=O) groups excluding carboxylic acids is 2. The van der Waals surface area contributed by atoms with Crippen molar-refractivity contribution < 1.29 is 19.1 Å². The molecule has 2 amide bonds. The Morgan fingerprint density at radius 1 is 1.20 bits per heavy atom. The number of hydrogen-bond donors (Lipinski definition) is 0. The molecule has 1 aromatic rings. The third-order valence-electron chi connectivity index (χ3n) is 4.40. The first kappa shape index (κ1) is 19.2. The first-order valence-electron chi connectivity index (χ1n) is 8.51. The van der Waals surface area contributed by atoms with Gasteiger partial charge in [0.05, 0.1) is 18.6 Å². The zero-order chi connectivity index (χ0) is 18.7. The Morgan fingerprint density at radius 3 is 2.36 bits per heavy atom. The predicted molar refractivity (Wildman–Crippen MR) is 94.9 cm³/mol. The van der Waals surface area contributed by atoms with Crippen molar-refractivity contribution in [3.8, 4) is 0 Å². The minimum Gasteiger partial charge on any atom is -0.444 e. The third kappa shape index (κ3) is 4.72. The van der Waals surface area contributed by atoms with E-state index in [0.29, 0.717) is 19.9 Å². The van der Waals surface area contributed by atoms with Gasteiger partial charge in [0.15, 0.2) is 0 Å². The van der Waals surface area contributed by atoms with Gasteiger partial charge in [-0.05, 0) is 33.3 Å². The van der Waals surface area contributed by atoms with Crippen molar-refractivity contribution in [2.24, 2.45) is 0 Å². The fourth-order valence-corrected chi connectivity index (χ4v) is 2.76. The summed E-state index contributed by atoms with van der Waals surface area (Å²) in [5, 5.41) is 0. The van der Waals surface area contributed by atoms with Gasteiger partial charge < -0.3 is 19.3 Å². The van der Waals surface area contributed by atoms with Crippen LogP contribution in [-0.2, 0) is 19.8 Å². The summed E-state index contributed by atoms with van der Waals surface area (Å²) < 4.78 is 10.8. The van der Waals surface area contributed by atoms with Crippen molar-refractivity contribution >= 4 is 12.0 Å². The molecular weight excluding hydrogens is 320 g/mol. The summed E-state index contributed by atoms with van der Waals surface area (Å²) >= 11 is 0. The second-order valence-corrected chi connectivity index (χ2v) is 7.55. The van der Waals surface area contributed by atoms with E-state index in [0.717, 1.165) is 5.56 Å². The van der Waals surface area contributed by atoms with Gasteiger partial charge >= 0.3 is 6.09 Å².